The lowest BCUT2D eigenvalue weighted by Crippen LogP contribution is -2.49. The highest BCUT2D eigenvalue weighted by atomic mass is 16.5. The van der Waals surface area contributed by atoms with Crippen molar-refractivity contribution in [1.82, 2.24) is 9.80 Å². The summed E-state index contributed by atoms with van der Waals surface area (Å²) in [6.07, 6.45) is 1.76. The van der Waals surface area contributed by atoms with E-state index in [1.807, 2.05) is 12.1 Å². The van der Waals surface area contributed by atoms with E-state index in [1.54, 1.807) is 7.11 Å². The maximum atomic E-state index is 12.8. The standard InChI is InChI=1S/C23H37N3O2/c1-22(2)16-21(27)26(18-23(3,4)17-22)15-12-24-10-13-25(14-11-24)19-8-6-7-9-20(19)28-5/h6-9H,10-18H2,1-5H3. The second-order valence-corrected chi connectivity index (χ2v) is 10.00. The monoisotopic (exact) mass is 387 g/mol. The number of carbonyl (C=O) groups excluding carboxylic acids is 1. The minimum Gasteiger partial charge on any atom is -0.495 e. The van der Waals surface area contributed by atoms with Crippen molar-refractivity contribution in [2.45, 2.75) is 40.5 Å². The minimum absolute atomic E-state index is 0.0930. The number of carbonyl (C=O) groups is 1. The molecule has 28 heavy (non-hydrogen) atoms. The van der Waals surface area contributed by atoms with Crippen molar-refractivity contribution in [2.24, 2.45) is 10.8 Å². The number of anilines is 1. The molecule has 2 aliphatic rings. The zero-order chi connectivity index (χ0) is 20.4. The van der Waals surface area contributed by atoms with Gasteiger partial charge in [0.25, 0.3) is 0 Å². The zero-order valence-electron chi connectivity index (χ0n) is 18.3. The number of nitrogens with zero attached hydrogens (tertiary/aromatic N) is 3. The van der Waals surface area contributed by atoms with E-state index in [9.17, 15) is 4.79 Å². The van der Waals surface area contributed by atoms with E-state index in [0.717, 1.165) is 58.0 Å². The molecule has 2 aliphatic heterocycles. The normalized spacial score (nSPS) is 22.8. The molecule has 5 nitrogen and oxygen atoms in total. The third-order valence-corrected chi connectivity index (χ3v) is 6.04. The molecule has 1 aromatic carbocycles. The number of amides is 1. The van der Waals surface area contributed by atoms with E-state index in [0.29, 0.717) is 12.3 Å². The Balaban J connectivity index is 1.53. The molecule has 2 fully saturated rings. The predicted octanol–water partition coefficient (Wildman–Crippen LogP) is 3.49. The van der Waals surface area contributed by atoms with Crippen LogP contribution in [0.1, 0.15) is 40.5 Å². The highest BCUT2D eigenvalue weighted by Gasteiger charge is 2.38. The Morgan fingerprint density at radius 2 is 1.64 bits per heavy atom. The van der Waals surface area contributed by atoms with Crippen LogP contribution in [0.4, 0.5) is 5.69 Å². The van der Waals surface area contributed by atoms with Crippen LogP contribution in [0.2, 0.25) is 0 Å². The first kappa shape index (κ1) is 21.0. The lowest BCUT2D eigenvalue weighted by Gasteiger charge is -2.38. The number of benzene rings is 1. The van der Waals surface area contributed by atoms with Gasteiger partial charge in [-0.3, -0.25) is 9.69 Å². The molecule has 1 amide bonds. The number of hydrogen-bond donors (Lipinski definition) is 0. The molecular formula is C23H37N3O2. The van der Waals surface area contributed by atoms with Crippen molar-refractivity contribution >= 4 is 11.6 Å². The molecule has 0 aromatic heterocycles. The summed E-state index contributed by atoms with van der Waals surface area (Å²) in [5.41, 5.74) is 1.45. The number of piperazine rings is 1. The largest absolute Gasteiger partial charge is 0.495 e. The molecule has 0 N–H and O–H groups in total. The van der Waals surface area contributed by atoms with Gasteiger partial charge in [0.1, 0.15) is 5.75 Å². The van der Waals surface area contributed by atoms with Crippen molar-refractivity contribution in [1.29, 1.82) is 0 Å². The average molecular weight is 388 g/mol. The Kier molecular flexibility index (Phi) is 6.23. The molecule has 3 rings (SSSR count). The van der Waals surface area contributed by atoms with E-state index in [2.05, 4.69) is 54.5 Å². The molecule has 0 bridgehead atoms. The summed E-state index contributed by atoms with van der Waals surface area (Å²) in [5, 5.41) is 0. The Bertz CT molecular complexity index is 678. The molecule has 0 aliphatic carbocycles. The van der Waals surface area contributed by atoms with Gasteiger partial charge >= 0.3 is 0 Å². The van der Waals surface area contributed by atoms with Gasteiger partial charge in [0, 0.05) is 52.2 Å². The topological polar surface area (TPSA) is 36.0 Å². The van der Waals surface area contributed by atoms with Crippen LogP contribution in [0.3, 0.4) is 0 Å². The summed E-state index contributed by atoms with van der Waals surface area (Å²) in [6.45, 7) is 15.8. The number of methoxy groups -OCH3 is 1. The number of rotatable bonds is 5. The zero-order valence-corrected chi connectivity index (χ0v) is 18.3. The molecule has 156 valence electrons. The average Bonchev–Trinajstić information content (AvgIpc) is 2.71. The molecule has 2 heterocycles. The van der Waals surface area contributed by atoms with Crippen LogP contribution < -0.4 is 9.64 Å². The van der Waals surface area contributed by atoms with Gasteiger partial charge < -0.3 is 14.5 Å². The van der Waals surface area contributed by atoms with E-state index < -0.39 is 0 Å². The van der Waals surface area contributed by atoms with Gasteiger partial charge in [-0.05, 0) is 29.4 Å². The third kappa shape index (κ3) is 5.19. The summed E-state index contributed by atoms with van der Waals surface area (Å²) in [4.78, 5) is 19.8. The molecule has 0 unspecified atom stereocenters. The molecular weight excluding hydrogens is 350 g/mol. The lowest BCUT2D eigenvalue weighted by molar-refractivity contribution is -0.132. The van der Waals surface area contributed by atoms with Gasteiger partial charge in [0.15, 0.2) is 0 Å². The first-order valence-corrected chi connectivity index (χ1v) is 10.6. The van der Waals surface area contributed by atoms with Gasteiger partial charge in [-0.2, -0.15) is 0 Å². The smallest absolute Gasteiger partial charge is 0.223 e. The highest BCUT2D eigenvalue weighted by Crippen LogP contribution is 2.40. The molecule has 5 heteroatoms. The van der Waals surface area contributed by atoms with Crippen molar-refractivity contribution < 1.29 is 9.53 Å². The Morgan fingerprint density at radius 3 is 2.32 bits per heavy atom. The highest BCUT2D eigenvalue weighted by molar-refractivity contribution is 5.77. The molecule has 0 spiro atoms. The third-order valence-electron chi connectivity index (χ3n) is 6.04. The maximum absolute atomic E-state index is 12.8. The summed E-state index contributed by atoms with van der Waals surface area (Å²) >= 11 is 0. The Hall–Kier alpha value is -1.75. The van der Waals surface area contributed by atoms with Crippen LogP contribution in [0.25, 0.3) is 0 Å². The van der Waals surface area contributed by atoms with Crippen LogP contribution >= 0.6 is 0 Å². The van der Waals surface area contributed by atoms with Gasteiger partial charge in [-0.15, -0.1) is 0 Å². The van der Waals surface area contributed by atoms with E-state index in [-0.39, 0.29) is 10.8 Å². The van der Waals surface area contributed by atoms with Crippen molar-refractivity contribution in [3.8, 4) is 5.75 Å². The van der Waals surface area contributed by atoms with Crippen molar-refractivity contribution in [3.63, 3.8) is 0 Å². The van der Waals surface area contributed by atoms with Crippen LogP contribution in [-0.2, 0) is 4.79 Å². The van der Waals surface area contributed by atoms with E-state index in [4.69, 9.17) is 4.74 Å². The van der Waals surface area contributed by atoms with Gasteiger partial charge in [0.2, 0.25) is 5.91 Å². The van der Waals surface area contributed by atoms with Crippen LogP contribution in [0, 0.1) is 10.8 Å². The Morgan fingerprint density at radius 1 is 0.964 bits per heavy atom. The molecule has 0 saturated carbocycles. The minimum atomic E-state index is 0.0930. The lowest BCUT2D eigenvalue weighted by atomic mass is 9.74. The van der Waals surface area contributed by atoms with Gasteiger partial charge in [-0.1, -0.05) is 39.8 Å². The fourth-order valence-electron chi connectivity index (χ4n) is 5.11. The van der Waals surface area contributed by atoms with Crippen LogP contribution in [-0.4, -0.2) is 68.6 Å². The second-order valence-electron chi connectivity index (χ2n) is 10.00. The molecule has 1 aromatic rings. The first-order chi connectivity index (χ1) is 13.2. The number of ether oxygens (including phenoxy) is 1. The van der Waals surface area contributed by atoms with Crippen molar-refractivity contribution in [3.05, 3.63) is 24.3 Å². The summed E-state index contributed by atoms with van der Waals surface area (Å²) in [7, 11) is 1.73. The number of likely N-dealkylation sites (tertiary alicyclic amines) is 1. The summed E-state index contributed by atoms with van der Waals surface area (Å²) in [6, 6.07) is 8.24. The predicted molar refractivity (Wildman–Crippen MR) is 115 cm³/mol. The molecule has 0 radical (unpaired) electrons. The molecule has 2 saturated heterocycles. The van der Waals surface area contributed by atoms with Crippen LogP contribution in [0.5, 0.6) is 5.75 Å². The molecule has 0 atom stereocenters. The summed E-state index contributed by atoms with van der Waals surface area (Å²) in [5.74, 6) is 1.26. The van der Waals surface area contributed by atoms with E-state index in [1.165, 1.54) is 5.69 Å². The SMILES string of the molecule is COc1ccccc1N1CCN(CCN2CC(C)(C)CC(C)(C)CC2=O)CC1. The van der Waals surface area contributed by atoms with Gasteiger partial charge in [-0.25, -0.2) is 0 Å². The quantitative estimate of drug-likeness (QED) is 0.775. The number of hydrogen-bond acceptors (Lipinski definition) is 4. The van der Waals surface area contributed by atoms with Gasteiger partial charge in [0.05, 0.1) is 12.8 Å². The first-order valence-electron chi connectivity index (χ1n) is 10.6. The fourth-order valence-corrected chi connectivity index (χ4v) is 5.11. The second kappa shape index (κ2) is 8.32. The van der Waals surface area contributed by atoms with Crippen LogP contribution in [0.15, 0.2) is 24.3 Å². The maximum Gasteiger partial charge on any atom is 0.223 e. The summed E-state index contributed by atoms with van der Waals surface area (Å²) < 4.78 is 5.51. The van der Waals surface area contributed by atoms with Crippen molar-refractivity contribution in [2.75, 3.05) is 57.8 Å². The number of para-hydroxylation sites is 2. The Labute approximate surface area is 170 Å². The van der Waals surface area contributed by atoms with E-state index >= 15 is 0 Å². The fraction of sp³-hybridized carbons (Fsp3) is 0.696.